The molecule has 14 heteroatoms. The lowest BCUT2D eigenvalue weighted by Crippen LogP contribution is -2.54. The highest BCUT2D eigenvalue weighted by molar-refractivity contribution is 6.24. The molecule has 4 aromatic rings. The number of pyridine rings is 2. The van der Waals surface area contributed by atoms with Gasteiger partial charge in [0, 0.05) is 44.7 Å². The van der Waals surface area contributed by atoms with E-state index in [4.69, 9.17) is 14.2 Å². The summed E-state index contributed by atoms with van der Waals surface area (Å²) in [7, 11) is 6.34. The molecule has 0 saturated carbocycles. The molecule has 1 fully saturated rings. The number of nitrogens with one attached hydrogen (secondary N) is 1. The lowest BCUT2D eigenvalue weighted by molar-refractivity contribution is -0.136. The van der Waals surface area contributed by atoms with Crippen molar-refractivity contribution in [3.05, 3.63) is 82.0 Å². The second kappa shape index (κ2) is 13.2. The number of aromatic nitrogens is 2. The van der Waals surface area contributed by atoms with Gasteiger partial charge in [0.1, 0.15) is 23.3 Å². The number of nitrogens with zero attached hydrogens (tertiary/aromatic N) is 4. The number of piperidine rings is 1. The number of benzene rings is 2. The number of carbonyl (C=O) groups is 5. The van der Waals surface area contributed by atoms with Crippen molar-refractivity contribution in [2.75, 3.05) is 27.9 Å². The largest absolute Gasteiger partial charge is 0.496 e. The van der Waals surface area contributed by atoms with Crippen molar-refractivity contribution in [2.24, 2.45) is 7.05 Å². The Bertz CT molecular complexity index is 2080. The molecule has 252 valence electrons. The molecule has 0 spiro atoms. The molecular formula is C35H33N5O9. The van der Waals surface area contributed by atoms with Gasteiger partial charge in [0.25, 0.3) is 17.4 Å². The topological polar surface area (TPSA) is 166 Å². The van der Waals surface area contributed by atoms with Crippen LogP contribution >= 0.6 is 0 Å². The Hall–Kier alpha value is -6.05. The Morgan fingerprint density at radius 2 is 1.71 bits per heavy atom. The number of carbonyl (C=O) groups excluding carboxylic acids is 5. The van der Waals surface area contributed by atoms with Crippen LogP contribution in [0.15, 0.2) is 59.8 Å². The SMILES string of the molecule is COc1cc(-c2cn(C)c(=O)c3cnccc23)cc(OC)c1CN(C)C(=O)CCOc1cccc2c1C(=O)N(C1CCC(=O)NC1=O)C2=O. The third-order valence-corrected chi connectivity index (χ3v) is 8.73. The van der Waals surface area contributed by atoms with Crippen molar-refractivity contribution < 1.29 is 38.2 Å². The molecule has 0 aliphatic carbocycles. The van der Waals surface area contributed by atoms with Gasteiger partial charge >= 0.3 is 0 Å². The quantitative estimate of drug-likeness (QED) is 0.248. The molecule has 1 atom stereocenters. The summed E-state index contributed by atoms with van der Waals surface area (Å²) in [5.41, 5.74) is 2.07. The van der Waals surface area contributed by atoms with Gasteiger partial charge in [-0.3, -0.25) is 44.0 Å². The molecule has 6 rings (SSSR count). The summed E-state index contributed by atoms with van der Waals surface area (Å²) in [6.07, 6.45) is 4.89. The molecule has 14 nitrogen and oxygen atoms in total. The highest BCUT2D eigenvalue weighted by Crippen LogP contribution is 2.38. The Morgan fingerprint density at radius 1 is 0.980 bits per heavy atom. The number of amides is 5. The first-order chi connectivity index (χ1) is 23.5. The fourth-order valence-corrected chi connectivity index (χ4v) is 6.21. The van der Waals surface area contributed by atoms with Gasteiger partial charge in [-0.2, -0.15) is 0 Å². The van der Waals surface area contributed by atoms with Gasteiger partial charge in [0.2, 0.25) is 17.7 Å². The smallest absolute Gasteiger partial charge is 0.266 e. The Kier molecular flexibility index (Phi) is 8.87. The predicted octanol–water partition coefficient (Wildman–Crippen LogP) is 2.45. The summed E-state index contributed by atoms with van der Waals surface area (Å²) >= 11 is 0. The van der Waals surface area contributed by atoms with Gasteiger partial charge in [-0.25, -0.2) is 0 Å². The van der Waals surface area contributed by atoms with Crippen LogP contribution in [-0.2, 0) is 28.0 Å². The highest BCUT2D eigenvalue weighted by atomic mass is 16.5. The molecule has 1 unspecified atom stereocenters. The van der Waals surface area contributed by atoms with Crippen molar-refractivity contribution in [1.82, 2.24) is 24.7 Å². The van der Waals surface area contributed by atoms with E-state index in [0.717, 1.165) is 21.4 Å². The number of fused-ring (bicyclic) bond motifs is 2. The number of ether oxygens (including phenoxy) is 3. The first kappa shape index (κ1) is 32.9. The van der Waals surface area contributed by atoms with Gasteiger partial charge < -0.3 is 23.7 Å². The molecule has 2 aromatic carbocycles. The first-order valence-corrected chi connectivity index (χ1v) is 15.4. The van der Waals surface area contributed by atoms with E-state index in [0.29, 0.717) is 22.4 Å². The molecule has 0 bridgehead atoms. The highest BCUT2D eigenvalue weighted by Gasteiger charge is 2.46. The fraction of sp³-hybridized carbons (Fsp3) is 0.286. The summed E-state index contributed by atoms with van der Waals surface area (Å²) in [6.45, 7) is 0.0411. The van der Waals surface area contributed by atoms with Gasteiger partial charge in [0.05, 0.1) is 55.9 Å². The Balaban J connectivity index is 1.16. The van der Waals surface area contributed by atoms with Crippen LogP contribution < -0.4 is 25.1 Å². The van der Waals surface area contributed by atoms with Crippen LogP contribution in [0.2, 0.25) is 0 Å². The van der Waals surface area contributed by atoms with Crippen LogP contribution in [0.5, 0.6) is 17.2 Å². The molecule has 49 heavy (non-hydrogen) atoms. The predicted molar refractivity (Wildman–Crippen MR) is 175 cm³/mol. The average molecular weight is 668 g/mol. The molecule has 2 aliphatic rings. The fourth-order valence-electron chi connectivity index (χ4n) is 6.21. The Labute approximate surface area is 280 Å². The monoisotopic (exact) mass is 667 g/mol. The third kappa shape index (κ3) is 5.96. The van der Waals surface area contributed by atoms with E-state index in [2.05, 4.69) is 10.3 Å². The standard InChI is InChI=1S/C35H33N5O9/c1-38(18-24-27(47-3)14-19(15-28(24)48-4)23-17-39(2)33(44)22-16-36-12-10-20(22)23)30(42)11-13-49-26-7-5-6-21-31(26)35(46)40(34(21)45)25-8-9-29(41)37-32(25)43/h5-7,10,12,14-17,25H,8-9,11,13,18H2,1-4H3,(H,37,41,43). The number of imide groups is 2. The van der Waals surface area contributed by atoms with Crippen molar-refractivity contribution in [2.45, 2.75) is 31.8 Å². The van der Waals surface area contributed by atoms with E-state index in [9.17, 15) is 28.8 Å². The number of rotatable bonds is 10. The van der Waals surface area contributed by atoms with Crippen molar-refractivity contribution >= 4 is 40.3 Å². The average Bonchev–Trinajstić information content (AvgIpc) is 3.35. The first-order valence-electron chi connectivity index (χ1n) is 15.4. The molecule has 2 aromatic heterocycles. The summed E-state index contributed by atoms with van der Waals surface area (Å²) in [5, 5.41) is 3.37. The van der Waals surface area contributed by atoms with E-state index in [1.807, 2.05) is 12.1 Å². The maximum absolute atomic E-state index is 13.3. The zero-order chi connectivity index (χ0) is 35.0. The zero-order valence-corrected chi connectivity index (χ0v) is 27.3. The van der Waals surface area contributed by atoms with E-state index >= 15 is 0 Å². The van der Waals surface area contributed by atoms with E-state index in [1.54, 1.807) is 38.6 Å². The van der Waals surface area contributed by atoms with Gasteiger partial charge in [-0.15, -0.1) is 0 Å². The second-order valence-electron chi connectivity index (χ2n) is 11.7. The molecular weight excluding hydrogens is 634 g/mol. The second-order valence-corrected chi connectivity index (χ2v) is 11.7. The van der Waals surface area contributed by atoms with Crippen LogP contribution in [0.1, 0.15) is 45.5 Å². The summed E-state index contributed by atoms with van der Waals surface area (Å²) < 4.78 is 18.8. The minimum atomic E-state index is -1.10. The zero-order valence-electron chi connectivity index (χ0n) is 27.3. The van der Waals surface area contributed by atoms with E-state index < -0.39 is 29.7 Å². The minimum Gasteiger partial charge on any atom is -0.496 e. The van der Waals surface area contributed by atoms with E-state index in [-0.39, 0.29) is 60.8 Å². The van der Waals surface area contributed by atoms with Crippen LogP contribution in [0.25, 0.3) is 21.9 Å². The molecule has 5 amide bonds. The molecule has 1 N–H and O–H groups in total. The molecule has 4 heterocycles. The third-order valence-electron chi connectivity index (χ3n) is 8.73. The number of aryl methyl sites for hydroxylation is 1. The van der Waals surface area contributed by atoms with Gasteiger partial charge in [-0.1, -0.05) is 6.07 Å². The van der Waals surface area contributed by atoms with Crippen LogP contribution in [-0.4, -0.2) is 82.8 Å². The molecule has 2 aliphatic heterocycles. The number of methoxy groups -OCH3 is 2. The van der Waals surface area contributed by atoms with Crippen molar-refractivity contribution in [3.63, 3.8) is 0 Å². The molecule has 1 saturated heterocycles. The van der Waals surface area contributed by atoms with Gasteiger partial charge in [-0.05, 0) is 47.7 Å². The maximum Gasteiger partial charge on any atom is 0.266 e. The number of hydrogen-bond donors (Lipinski definition) is 1. The van der Waals surface area contributed by atoms with E-state index in [1.165, 1.54) is 42.0 Å². The maximum atomic E-state index is 13.3. The molecule has 0 radical (unpaired) electrons. The minimum absolute atomic E-state index is 0.00891. The van der Waals surface area contributed by atoms with Crippen LogP contribution in [0.4, 0.5) is 0 Å². The van der Waals surface area contributed by atoms with Crippen molar-refractivity contribution in [1.29, 1.82) is 0 Å². The number of hydrogen-bond acceptors (Lipinski definition) is 10. The summed E-state index contributed by atoms with van der Waals surface area (Å²) in [5.74, 6) is -1.72. The van der Waals surface area contributed by atoms with Crippen LogP contribution in [0.3, 0.4) is 0 Å². The van der Waals surface area contributed by atoms with Crippen molar-refractivity contribution in [3.8, 4) is 28.4 Å². The normalized spacial score (nSPS) is 15.7. The lowest BCUT2D eigenvalue weighted by atomic mass is 9.99. The van der Waals surface area contributed by atoms with Crippen LogP contribution in [0, 0.1) is 0 Å². The van der Waals surface area contributed by atoms with Gasteiger partial charge in [0.15, 0.2) is 0 Å². The Morgan fingerprint density at radius 3 is 2.41 bits per heavy atom. The summed E-state index contributed by atoms with van der Waals surface area (Å²) in [6, 6.07) is 8.87. The summed E-state index contributed by atoms with van der Waals surface area (Å²) in [4.78, 5) is 82.8. The lowest BCUT2D eigenvalue weighted by Gasteiger charge is -2.27.